The predicted octanol–water partition coefficient (Wildman–Crippen LogP) is 4.43. The second-order valence-electron chi connectivity index (χ2n) is 7.73. The Hall–Kier alpha value is -4.17. The number of amides is 1. The van der Waals surface area contributed by atoms with Crippen LogP contribution >= 0.6 is 11.6 Å². The van der Waals surface area contributed by atoms with Gasteiger partial charge in [0, 0.05) is 10.7 Å². The van der Waals surface area contributed by atoms with Crippen molar-refractivity contribution in [3.8, 4) is 0 Å². The van der Waals surface area contributed by atoms with Crippen molar-refractivity contribution < 1.29 is 33.8 Å². The molecule has 0 radical (unpaired) electrons. The molecule has 0 saturated heterocycles. The molecule has 0 aromatic heterocycles. The van der Waals surface area contributed by atoms with E-state index in [0.717, 1.165) is 11.1 Å². The highest BCUT2D eigenvalue weighted by atomic mass is 35.5. The lowest BCUT2D eigenvalue weighted by atomic mass is 10.1. The molecular formula is C26H22ClNO7. The highest BCUT2D eigenvalue weighted by molar-refractivity contribution is 6.30. The number of nitrogens with one attached hydrogen (secondary N) is 1. The van der Waals surface area contributed by atoms with E-state index < -0.39 is 36.0 Å². The van der Waals surface area contributed by atoms with E-state index >= 15 is 0 Å². The van der Waals surface area contributed by atoms with Gasteiger partial charge in [0.25, 0.3) is 5.91 Å². The van der Waals surface area contributed by atoms with Crippen LogP contribution < -0.4 is 5.32 Å². The predicted molar refractivity (Wildman–Crippen MR) is 128 cm³/mol. The molecule has 2 N–H and O–H groups in total. The van der Waals surface area contributed by atoms with Crippen LogP contribution in [-0.4, -0.2) is 41.1 Å². The van der Waals surface area contributed by atoms with Crippen LogP contribution in [0, 0.1) is 13.8 Å². The van der Waals surface area contributed by atoms with Crippen molar-refractivity contribution in [2.24, 2.45) is 0 Å². The molecule has 3 rings (SSSR count). The number of aryl methyl sites for hydroxylation is 2. The van der Waals surface area contributed by atoms with E-state index in [1.54, 1.807) is 50.2 Å². The van der Waals surface area contributed by atoms with Crippen LogP contribution in [0.5, 0.6) is 0 Å². The molecule has 0 heterocycles. The number of hydrogen-bond donors (Lipinski definition) is 2. The van der Waals surface area contributed by atoms with Gasteiger partial charge in [0.1, 0.15) is 0 Å². The number of carboxylic acids is 1. The van der Waals surface area contributed by atoms with Crippen molar-refractivity contribution in [2.75, 3.05) is 5.32 Å². The third kappa shape index (κ3) is 6.91. The Labute approximate surface area is 206 Å². The summed E-state index contributed by atoms with van der Waals surface area (Å²) in [6.45, 7) is 3.50. The fourth-order valence-electron chi connectivity index (χ4n) is 3.18. The minimum absolute atomic E-state index is 0.0789. The Bertz CT molecular complexity index is 1270. The lowest BCUT2D eigenvalue weighted by molar-refractivity contribution is -0.157. The molecule has 3 aromatic carbocycles. The number of aliphatic carboxylic acids is 1. The number of rotatable bonds is 8. The van der Waals surface area contributed by atoms with Crippen molar-refractivity contribution in [1.82, 2.24) is 0 Å². The number of benzene rings is 3. The summed E-state index contributed by atoms with van der Waals surface area (Å²) in [5, 5.41) is 12.6. The van der Waals surface area contributed by atoms with E-state index in [2.05, 4.69) is 5.32 Å². The first-order valence-corrected chi connectivity index (χ1v) is 10.9. The molecule has 0 aliphatic carbocycles. The van der Waals surface area contributed by atoms with Crippen molar-refractivity contribution in [1.29, 1.82) is 0 Å². The van der Waals surface area contributed by atoms with Crippen LogP contribution in [0.3, 0.4) is 0 Å². The van der Waals surface area contributed by atoms with E-state index in [1.165, 1.54) is 36.4 Å². The van der Waals surface area contributed by atoms with Gasteiger partial charge in [0.05, 0.1) is 11.1 Å². The van der Waals surface area contributed by atoms with Crippen molar-refractivity contribution in [3.63, 3.8) is 0 Å². The third-order valence-corrected chi connectivity index (χ3v) is 5.08. The first-order valence-electron chi connectivity index (χ1n) is 10.5. The average molecular weight is 496 g/mol. The molecule has 2 atom stereocenters. The van der Waals surface area contributed by atoms with Crippen LogP contribution in [0.25, 0.3) is 0 Å². The highest BCUT2D eigenvalue weighted by Gasteiger charge is 2.41. The maximum Gasteiger partial charge on any atom is 0.349 e. The van der Waals surface area contributed by atoms with E-state index in [4.69, 9.17) is 21.1 Å². The zero-order valence-corrected chi connectivity index (χ0v) is 19.6. The number of carbonyl (C=O) groups excluding carboxylic acids is 3. The molecule has 1 amide bonds. The molecule has 180 valence electrons. The van der Waals surface area contributed by atoms with Gasteiger partial charge < -0.3 is 19.9 Å². The fourth-order valence-corrected chi connectivity index (χ4v) is 3.38. The Balaban J connectivity index is 1.92. The number of esters is 2. The second kappa shape index (κ2) is 11.3. The topological polar surface area (TPSA) is 119 Å². The van der Waals surface area contributed by atoms with Gasteiger partial charge in [-0.05, 0) is 56.3 Å². The van der Waals surface area contributed by atoms with Gasteiger partial charge in [-0.3, -0.25) is 4.79 Å². The summed E-state index contributed by atoms with van der Waals surface area (Å²) in [4.78, 5) is 50.6. The summed E-state index contributed by atoms with van der Waals surface area (Å²) in [6.07, 6.45) is -4.13. The molecule has 35 heavy (non-hydrogen) atoms. The van der Waals surface area contributed by atoms with Gasteiger partial charge in [0.15, 0.2) is 0 Å². The maximum absolute atomic E-state index is 13.1. The van der Waals surface area contributed by atoms with Gasteiger partial charge in [-0.2, -0.15) is 0 Å². The molecule has 0 bridgehead atoms. The van der Waals surface area contributed by atoms with Crippen molar-refractivity contribution in [3.05, 3.63) is 100 Å². The number of ether oxygens (including phenoxy) is 2. The highest BCUT2D eigenvalue weighted by Crippen LogP contribution is 2.19. The van der Waals surface area contributed by atoms with Crippen molar-refractivity contribution in [2.45, 2.75) is 26.1 Å². The van der Waals surface area contributed by atoms with Crippen LogP contribution in [0.4, 0.5) is 5.69 Å². The summed E-state index contributed by atoms with van der Waals surface area (Å²) < 4.78 is 10.5. The lowest BCUT2D eigenvalue weighted by Crippen LogP contribution is -2.48. The fraction of sp³-hybridized carbons (Fsp3) is 0.154. The molecule has 0 spiro atoms. The SMILES string of the molecule is Cc1cccc(C(=O)O[C@@H](C(=O)O)[C@@H](OC(=O)c2cccc(C)c2)C(=O)Nc2cccc(Cl)c2)c1. The van der Waals surface area contributed by atoms with Gasteiger partial charge >= 0.3 is 17.9 Å². The maximum atomic E-state index is 13.1. The second-order valence-corrected chi connectivity index (χ2v) is 8.17. The van der Waals surface area contributed by atoms with Crippen molar-refractivity contribution >= 4 is 41.1 Å². The van der Waals surface area contributed by atoms with Crippen LogP contribution in [0.15, 0.2) is 72.8 Å². The minimum Gasteiger partial charge on any atom is -0.478 e. The molecule has 0 aliphatic heterocycles. The van der Waals surface area contributed by atoms with Crippen LogP contribution in [0.2, 0.25) is 5.02 Å². The number of hydrogen-bond acceptors (Lipinski definition) is 6. The monoisotopic (exact) mass is 495 g/mol. The first-order chi connectivity index (χ1) is 16.6. The van der Waals surface area contributed by atoms with E-state index in [0.29, 0.717) is 5.02 Å². The molecule has 0 saturated carbocycles. The zero-order chi connectivity index (χ0) is 25.5. The van der Waals surface area contributed by atoms with Crippen LogP contribution in [-0.2, 0) is 19.1 Å². The quantitative estimate of drug-likeness (QED) is 0.443. The lowest BCUT2D eigenvalue weighted by Gasteiger charge is -2.23. The van der Waals surface area contributed by atoms with Gasteiger partial charge in [0.2, 0.25) is 12.2 Å². The largest absolute Gasteiger partial charge is 0.478 e. The van der Waals surface area contributed by atoms with Gasteiger partial charge in [-0.1, -0.05) is 53.1 Å². The molecular weight excluding hydrogens is 474 g/mol. The number of carboxylic acid groups (broad SMARTS) is 1. The smallest absolute Gasteiger partial charge is 0.349 e. The Morgan fingerprint density at radius 2 is 1.29 bits per heavy atom. The number of carbonyl (C=O) groups is 4. The Kier molecular flexibility index (Phi) is 8.22. The van der Waals surface area contributed by atoms with E-state index in [-0.39, 0.29) is 16.8 Å². The zero-order valence-electron chi connectivity index (χ0n) is 18.9. The standard InChI is InChI=1S/C26H22ClNO7/c1-15-6-3-8-17(12-15)25(32)34-21(23(29)28-20-11-5-10-19(27)14-20)22(24(30)31)35-26(33)18-9-4-7-16(2)13-18/h3-14,21-22H,1-2H3,(H,28,29)(H,30,31)/t21-,22-/m1/s1. The van der Waals surface area contributed by atoms with Gasteiger partial charge in [-0.25, -0.2) is 14.4 Å². The minimum atomic E-state index is -2.13. The number of anilines is 1. The normalized spacial score (nSPS) is 12.2. The van der Waals surface area contributed by atoms with Crippen LogP contribution in [0.1, 0.15) is 31.8 Å². The first kappa shape index (κ1) is 25.5. The summed E-state index contributed by atoms with van der Waals surface area (Å²) in [5.41, 5.74) is 1.90. The Morgan fingerprint density at radius 1 is 0.771 bits per heavy atom. The summed E-state index contributed by atoms with van der Waals surface area (Å²) >= 11 is 5.95. The summed E-state index contributed by atoms with van der Waals surface area (Å²) in [7, 11) is 0. The molecule has 0 fully saturated rings. The molecule has 0 unspecified atom stereocenters. The average Bonchev–Trinajstić information content (AvgIpc) is 2.80. The van der Waals surface area contributed by atoms with E-state index in [1.807, 2.05) is 0 Å². The summed E-state index contributed by atoms with van der Waals surface area (Å²) in [5.74, 6) is -4.64. The molecule has 0 aliphatic rings. The molecule has 8 nitrogen and oxygen atoms in total. The molecule has 9 heteroatoms. The van der Waals surface area contributed by atoms with E-state index in [9.17, 15) is 24.3 Å². The number of halogens is 1. The van der Waals surface area contributed by atoms with Gasteiger partial charge in [-0.15, -0.1) is 0 Å². The Morgan fingerprint density at radius 3 is 1.77 bits per heavy atom. The summed E-state index contributed by atoms with van der Waals surface area (Å²) in [6, 6.07) is 18.7. The third-order valence-electron chi connectivity index (χ3n) is 4.84. The molecule has 3 aromatic rings.